The Balaban J connectivity index is 2.47. The third-order valence-corrected chi connectivity index (χ3v) is 3.93. The second kappa shape index (κ2) is 5.79. The number of oxime groups is 1. The molecule has 0 aliphatic carbocycles. The highest BCUT2D eigenvalue weighted by atomic mass is 32.2. The fourth-order valence-electron chi connectivity index (χ4n) is 1.55. The molecule has 0 aliphatic heterocycles. The van der Waals surface area contributed by atoms with Crippen molar-refractivity contribution in [3.05, 3.63) is 39.7 Å². The van der Waals surface area contributed by atoms with E-state index in [0.29, 0.717) is 10.1 Å². The molecule has 0 saturated carbocycles. The maximum atomic E-state index is 10.8. The lowest BCUT2D eigenvalue weighted by molar-refractivity contribution is -0.384. The Hall–Kier alpha value is -2.62. The van der Waals surface area contributed by atoms with Gasteiger partial charge >= 0.3 is 0 Å². The van der Waals surface area contributed by atoms with Crippen LogP contribution in [0.15, 0.2) is 33.4 Å². The fraction of sp³-hybridized carbons (Fsp3) is 0.182. The van der Waals surface area contributed by atoms with E-state index in [-0.39, 0.29) is 17.1 Å². The minimum Gasteiger partial charge on any atom is -0.409 e. The van der Waals surface area contributed by atoms with Crippen LogP contribution < -0.4 is 5.73 Å². The summed E-state index contributed by atoms with van der Waals surface area (Å²) in [5.74, 6) is 0.518. The minimum atomic E-state index is -0.547. The first-order valence-corrected chi connectivity index (χ1v) is 6.56. The van der Waals surface area contributed by atoms with Crippen LogP contribution in [-0.4, -0.2) is 30.7 Å². The third kappa shape index (κ3) is 2.94. The Morgan fingerprint density at radius 2 is 2.24 bits per heavy atom. The molecule has 0 amide bonds. The molecule has 2 aromatic rings. The molecule has 0 atom stereocenters. The van der Waals surface area contributed by atoms with Crippen molar-refractivity contribution in [2.75, 3.05) is 0 Å². The van der Waals surface area contributed by atoms with E-state index in [2.05, 4.69) is 15.4 Å². The predicted octanol–water partition coefficient (Wildman–Crippen LogP) is 1.28. The average Bonchev–Trinajstić information content (AvgIpc) is 2.78. The summed E-state index contributed by atoms with van der Waals surface area (Å²) in [6.45, 7) is 1.80. The van der Waals surface area contributed by atoms with E-state index in [1.807, 2.05) is 0 Å². The van der Waals surface area contributed by atoms with Crippen LogP contribution in [0.4, 0.5) is 5.69 Å². The number of hydrogen-bond acceptors (Lipinski definition) is 7. The zero-order chi connectivity index (χ0) is 15.6. The standard InChI is InChI=1S/C11H12N6O3S/c1-6-13-14-11(16(6)2)21-9-4-3-7(17(19)20)5-8(9)10(12)15-18/h3-5,18H,1-2H3,(H2,12,15). The highest BCUT2D eigenvalue weighted by Crippen LogP contribution is 2.31. The molecule has 1 aromatic carbocycles. The Morgan fingerprint density at radius 1 is 1.52 bits per heavy atom. The van der Waals surface area contributed by atoms with Gasteiger partial charge in [-0.15, -0.1) is 10.2 Å². The number of nitro groups is 1. The molecular formula is C11H12N6O3S. The summed E-state index contributed by atoms with van der Waals surface area (Å²) >= 11 is 1.22. The summed E-state index contributed by atoms with van der Waals surface area (Å²) in [6.07, 6.45) is 0. The van der Waals surface area contributed by atoms with E-state index < -0.39 is 4.92 Å². The highest BCUT2D eigenvalue weighted by Gasteiger charge is 2.17. The molecule has 10 heteroatoms. The molecule has 1 aromatic heterocycles. The van der Waals surface area contributed by atoms with E-state index in [1.54, 1.807) is 18.5 Å². The predicted molar refractivity (Wildman–Crippen MR) is 75.5 cm³/mol. The van der Waals surface area contributed by atoms with Gasteiger partial charge in [-0.05, 0) is 24.8 Å². The van der Waals surface area contributed by atoms with Crippen molar-refractivity contribution in [1.29, 1.82) is 0 Å². The monoisotopic (exact) mass is 308 g/mol. The van der Waals surface area contributed by atoms with Gasteiger partial charge in [-0.2, -0.15) is 0 Å². The first kappa shape index (κ1) is 14.8. The molecule has 110 valence electrons. The van der Waals surface area contributed by atoms with Crippen molar-refractivity contribution in [2.24, 2.45) is 17.9 Å². The molecule has 0 spiro atoms. The number of nitrogens with two attached hydrogens (primary N) is 1. The van der Waals surface area contributed by atoms with Crippen molar-refractivity contribution >= 4 is 23.3 Å². The van der Waals surface area contributed by atoms with Crippen molar-refractivity contribution in [3.63, 3.8) is 0 Å². The van der Waals surface area contributed by atoms with Gasteiger partial charge in [0.15, 0.2) is 11.0 Å². The van der Waals surface area contributed by atoms with Crippen LogP contribution in [0, 0.1) is 17.0 Å². The fourth-order valence-corrected chi connectivity index (χ4v) is 2.51. The second-order valence-electron chi connectivity index (χ2n) is 4.11. The topological polar surface area (TPSA) is 132 Å². The van der Waals surface area contributed by atoms with E-state index in [9.17, 15) is 10.1 Å². The molecule has 3 N–H and O–H groups in total. The van der Waals surface area contributed by atoms with Crippen LogP contribution in [0.2, 0.25) is 0 Å². The number of nitrogens with zero attached hydrogens (tertiary/aromatic N) is 5. The molecule has 0 unspecified atom stereocenters. The maximum Gasteiger partial charge on any atom is 0.270 e. The van der Waals surface area contributed by atoms with E-state index in [0.717, 1.165) is 5.82 Å². The molecule has 0 saturated heterocycles. The summed E-state index contributed by atoms with van der Waals surface area (Å²) in [6, 6.07) is 4.13. The number of non-ortho nitro benzene ring substituents is 1. The number of nitro benzene ring substituents is 1. The van der Waals surface area contributed by atoms with Crippen LogP contribution >= 0.6 is 11.8 Å². The quantitative estimate of drug-likeness (QED) is 0.286. The SMILES string of the molecule is Cc1nnc(Sc2ccc([N+](=O)[O-])cc2C(N)=NO)n1C. The van der Waals surface area contributed by atoms with Crippen LogP contribution in [0.1, 0.15) is 11.4 Å². The first-order chi connectivity index (χ1) is 9.93. The molecule has 2 rings (SSSR count). The minimum absolute atomic E-state index is 0.143. The normalized spacial score (nSPS) is 11.6. The lowest BCUT2D eigenvalue weighted by Gasteiger charge is -2.07. The van der Waals surface area contributed by atoms with Gasteiger partial charge in [0.2, 0.25) is 0 Å². The Kier molecular flexibility index (Phi) is 4.08. The van der Waals surface area contributed by atoms with Gasteiger partial charge in [-0.1, -0.05) is 5.16 Å². The summed E-state index contributed by atoms with van der Waals surface area (Å²) < 4.78 is 1.77. The van der Waals surface area contributed by atoms with Gasteiger partial charge in [-0.3, -0.25) is 10.1 Å². The maximum absolute atomic E-state index is 10.8. The Bertz CT molecular complexity index is 727. The number of rotatable bonds is 4. The third-order valence-electron chi connectivity index (χ3n) is 2.81. The molecule has 0 aliphatic rings. The summed E-state index contributed by atoms with van der Waals surface area (Å²) in [7, 11) is 1.80. The summed E-state index contributed by atoms with van der Waals surface area (Å²) in [4.78, 5) is 10.8. The van der Waals surface area contributed by atoms with Gasteiger partial charge in [0, 0.05) is 29.6 Å². The second-order valence-corrected chi connectivity index (χ2v) is 5.12. The molecular weight excluding hydrogens is 296 g/mol. The lowest BCUT2D eigenvalue weighted by atomic mass is 10.2. The first-order valence-electron chi connectivity index (χ1n) is 5.74. The van der Waals surface area contributed by atoms with Gasteiger partial charge in [0.05, 0.1) is 4.92 Å². The van der Waals surface area contributed by atoms with E-state index >= 15 is 0 Å². The zero-order valence-corrected chi connectivity index (χ0v) is 12.0. The summed E-state index contributed by atoms with van der Waals surface area (Å²) in [5, 5.41) is 31.1. The van der Waals surface area contributed by atoms with E-state index in [4.69, 9.17) is 10.9 Å². The average molecular weight is 308 g/mol. The van der Waals surface area contributed by atoms with Gasteiger partial charge in [0.25, 0.3) is 5.69 Å². The van der Waals surface area contributed by atoms with Crippen LogP contribution in [0.3, 0.4) is 0 Å². The smallest absolute Gasteiger partial charge is 0.270 e. The molecule has 21 heavy (non-hydrogen) atoms. The van der Waals surface area contributed by atoms with Crippen LogP contribution in [0.25, 0.3) is 0 Å². The van der Waals surface area contributed by atoms with Gasteiger partial charge < -0.3 is 15.5 Å². The van der Waals surface area contributed by atoms with Crippen molar-refractivity contribution < 1.29 is 10.1 Å². The Morgan fingerprint density at radius 3 is 2.76 bits per heavy atom. The Labute approximate surface area is 123 Å². The number of aryl methyl sites for hydroxylation is 1. The zero-order valence-electron chi connectivity index (χ0n) is 11.2. The molecule has 0 radical (unpaired) electrons. The molecule has 1 heterocycles. The lowest BCUT2D eigenvalue weighted by Crippen LogP contribution is -2.14. The number of aromatic nitrogens is 3. The van der Waals surface area contributed by atoms with Crippen LogP contribution in [-0.2, 0) is 7.05 Å². The van der Waals surface area contributed by atoms with Gasteiger partial charge in [0.1, 0.15) is 5.82 Å². The molecule has 0 fully saturated rings. The number of amidine groups is 1. The molecule has 0 bridgehead atoms. The van der Waals surface area contributed by atoms with Crippen LogP contribution in [0.5, 0.6) is 0 Å². The largest absolute Gasteiger partial charge is 0.409 e. The highest BCUT2D eigenvalue weighted by molar-refractivity contribution is 7.99. The van der Waals surface area contributed by atoms with Crippen molar-refractivity contribution in [2.45, 2.75) is 17.0 Å². The number of benzene rings is 1. The molecule has 9 nitrogen and oxygen atoms in total. The number of hydrogen-bond donors (Lipinski definition) is 2. The van der Waals surface area contributed by atoms with Crippen molar-refractivity contribution in [3.8, 4) is 0 Å². The van der Waals surface area contributed by atoms with Crippen molar-refractivity contribution in [1.82, 2.24) is 14.8 Å². The van der Waals surface area contributed by atoms with E-state index in [1.165, 1.54) is 30.0 Å². The van der Waals surface area contributed by atoms with Gasteiger partial charge in [-0.25, -0.2) is 0 Å². The summed E-state index contributed by atoms with van der Waals surface area (Å²) in [5.41, 5.74) is 5.70.